The molecule has 146 valence electrons. The second-order valence-corrected chi connectivity index (χ2v) is 6.41. The number of esters is 1. The third-order valence-electron chi connectivity index (χ3n) is 4.36. The third kappa shape index (κ3) is 5.56. The monoisotopic (exact) mass is 387 g/mol. The fourth-order valence-corrected chi connectivity index (χ4v) is 2.95. The van der Waals surface area contributed by atoms with Gasteiger partial charge in [-0.3, -0.25) is 4.79 Å². The molecular weight excluding hydrogens is 366 g/mol. The van der Waals surface area contributed by atoms with E-state index in [-0.39, 0.29) is 12.5 Å². The predicted octanol–water partition coefficient (Wildman–Crippen LogP) is 3.43. The minimum absolute atomic E-state index is 0.333. The first-order valence-electron chi connectivity index (χ1n) is 9.27. The minimum atomic E-state index is -0.589. The summed E-state index contributed by atoms with van der Waals surface area (Å²) in [5.74, 6) is -0.947. The lowest BCUT2D eigenvalue weighted by atomic mass is 10.1. The number of para-hydroxylation sites is 1. The van der Waals surface area contributed by atoms with E-state index < -0.39 is 5.97 Å². The molecule has 29 heavy (non-hydrogen) atoms. The fraction of sp³-hybridized carbons (Fsp3) is 0.174. The Bertz CT molecular complexity index is 1060. The molecule has 0 fully saturated rings. The van der Waals surface area contributed by atoms with Gasteiger partial charge in [0.15, 0.2) is 6.61 Å². The van der Waals surface area contributed by atoms with Gasteiger partial charge >= 0.3 is 5.97 Å². The number of hydrogen-bond acceptors (Lipinski definition) is 4. The summed E-state index contributed by atoms with van der Waals surface area (Å²) >= 11 is 0. The number of ether oxygens (including phenoxy) is 1. The summed E-state index contributed by atoms with van der Waals surface area (Å²) in [6, 6.07) is 19.4. The number of carbonyl (C=O) groups is 2. The maximum absolute atomic E-state index is 12.0. The SMILES string of the molecule is N#CCCn1cc(/C=C/C(=O)OCC(=O)NCc2ccccc2)c2ccccc21. The van der Waals surface area contributed by atoms with Gasteiger partial charge in [0.1, 0.15) is 0 Å². The van der Waals surface area contributed by atoms with Crippen molar-refractivity contribution in [3.05, 3.63) is 78.0 Å². The summed E-state index contributed by atoms with van der Waals surface area (Å²) in [5.41, 5.74) is 2.82. The number of amides is 1. The third-order valence-corrected chi connectivity index (χ3v) is 4.36. The Balaban J connectivity index is 1.55. The Morgan fingerprint density at radius 1 is 1.10 bits per heavy atom. The van der Waals surface area contributed by atoms with E-state index >= 15 is 0 Å². The van der Waals surface area contributed by atoms with Gasteiger partial charge in [0.25, 0.3) is 5.91 Å². The lowest BCUT2D eigenvalue weighted by Gasteiger charge is -2.05. The minimum Gasteiger partial charge on any atom is -0.452 e. The van der Waals surface area contributed by atoms with E-state index in [2.05, 4.69) is 11.4 Å². The summed E-state index contributed by atoms with van der Waals surface area (Å²) in [6.07, 6.45) is 5.27. The first-order chi connectivity index (χ1) is 14.2. The van der Waals surface area contributed by atoms with Crippen molar-refractivity contribution in [2.75, 3.05) is 6.61 Å². The second kappa shape index (κ2) is 9.90. The predicted molar refractivity (Wildman–Crippen MR) is 110 cm³/mol. The molecule has 1 heterocycles. The molecule has 0 aliphatic heterocycles. The van der Waals surface area contributed by atoms with Crippen molar-refractivity contribution in [2.24, 2.45) is 0 Å². The molecule has 2 aromatic carbocycles. The zero-order chi connectivity index (χ0) is 20.5. The molecular formula is C23H21N3O3. The topological polar surface area (TPSA) is 84.1 Å². The van der Waals surface area contributed by atoms with Crippen LogP contribution in [0.4, 0.5) is 0 Å². The van der Waals surface area contributed by atoms with Crippen molar-refractivity contribution in [1.29, 1.82) is 5.26 Å². The second-order valence-electron chi connectivity index (χ2n) is 6.41. The molecule has 6 nitrogen and oxygen atoms in total. The number of nitrogens with one attached hydrogen (secondary N) is 1. The highest BCUT2D eigenvalue weighted by Gasteiger charge is 2.08. The highest BCUT2D eigenvalue weighted by molar-refractivity contribution is 5.95. The number of aromatic nitrogens is 1. The van der Waals surface area contributed by atoms with Crippen LogP contribution in [0.3, 0.4) is 0 Å². The van der Waals surface area contributed by atoms with Crippen LogP contribution in [0.25, 0.3) is 17.0 Å². The largest absolute Gasteiger partial charge is 0.452 e. The molecule has 1 N–H and O–H groups in total. The van der Waals surface area contributed by atoms with Gasteiger partial charge in [-0.25, -0.2) is 4.79 Å². The van der Waals surface area contributed by atoms with Crippen molar-refractivity contribution in [3.63, 3.8) is 0 Å². The Morgan fingerprint density at radius 3 is 2.66 bits per heavy atom. The summed E-state index contributed by atoms with van der Waals surface area (Å²) in [7, 11) is 0. The Kier molecular flexibility index (Phi) is 6.80. The van der Waals surface area contributed by atoms with Crippen molar-refractivity contribution in [1.82, 2.24) is 9.88 Å². The molecule has 1 amide bonds. The molecule has 0 saturated carbocycles. The number of fused-ring (bicyclic) bond motifs is 1. The molecule has 1 aromatic heterocycles. The first-order valence-corrected chi connectivity index (χ1v) is 9.27. The molecule has 3 rings (SSSR count). The lowest BCUT2D eigenvalue weighted by Crippen LogP contribution is -2.28. The Morgan fingerprint density at radius 2 is 1.86 bits per heavy atom. The number of benzene rings is 2. The van der Waals surface area contributed by atoms with Crippen LogP contribution in [-0.2, 0) is 27.4 Å². The highest BCUT2D eigenvalue weighted by Crippen LogP contribution is 2.22. The van der Waals surface area contributed by atoms with Crippen LogP contribution < -0.4 is 5.32 Å². The number of hydrogen-bond donors (Lipinski definition) is 1. The van der Waals surface area contributed by atoms with E-state index in [4.69, 9.17) is 10.00 Å². The van der Waals surface area contributed by atoms with E-state index in [1.54, 1.807) is 6.08 Å². The van der Waals surface area contributed by atoms with Gasteiger partial charge in [-0.2, -0.15) is 5.26 Å². The van der Waals surface area contributed by atoms with Crippen molar-refractivity contribution < 1.29 is 14.3 Å². The van der Waals surface area contributed by atoms with Crippen LogP contribution in [0, 0.1) is 11.3 Å². The van der Waals surface area contributed by atoms with Crippen LogP contribution in [0.1, 0.15) is 17.5 Å². The van der Waals surface area contributed by atoms with E-state index in [0.29, 0.717) is 19.5 Å². The zero-order valence-electron chi connectivity index (χ0n) is 15.9. The van der Waals surface area contributed by atoms with E-state index in [0.717, 1.165) is 22.0 Å². The van der Waals surface area contributed by atoms with E-state index in [9.17, 15) is 9.59 Å². The van der Waals surface area contributed by atoms with Gasteiger partial charge < -0.3 is 14.6 Å². The molecule has 6 heteroatoms. The molecule has 0 bridgehead atoms. The zero-order valence-corrected chi connectivity index (χ0v) is 15.9. The molecule has 0 atom stereocenters. The van der Waals surface area contributed by atoms with Crippen LogP contribution >= 0.6 is 0 Å². The van der Waals surface area contributed by atoms with E-state index in [1.807, 2.05) is 65.4 Å². The van der Waals surface area contributed by atoms with Gasteiger partial charge in [0.05, 0.1) is 12.5 Å². The molecule has 0 spiro atoms. The number of aryl methyl sites for hydroxylation is 1. The molecule has 0 aliphatic rings. The van der Waals surface area contributed by atoms with Crippen LogP contribution in [0.5, 0.6) is 0 Å². The Labute approximate surface area is 169 Å². The van der Waals surface area contributed by atoms with Gasteiger partial charge in [0.2, 0.25) is 0 Å². The average molecular weight is 387 g/mol. The summed E-state index contributed by atoms with van der Waals surface area (Å²) in [5, 5.41) is 12.5. The normalized spacial score (nSPS) is 10.7. The average Bonchev–Trinajstić information content (AvgIpc) is 3.12. The summed E-state index contributed by atoms with van der Waals surface area (Å²) in [6.45, 7) is 0.631. The van der Waals surface area contributed by atoms with Crippen molar-refractivity contribution >= 4 is 28.9 Å². The van der Waals surface area contributed by atoms with Crippen LogP contribution in [0.15, 0.2) is 66.9 Å². The van der Waals surface area contributed by atoms with Gasteiger partial charge in [0, 0.05) is 41.8 Å². The summed E-state index contributed by atoms with van der Waals surface area (Å²) in [4.78, 5) is 23.8. The maximum Gasteiger partial charge on any atom is 0.331 e. The standard InChI is InChI=1S/C23H21N3O3/c24-13-6-14-26-16-19(20-9-4-5-10-21(20)26)11-12-23(28)29-17-22(27)25-15-18-7-2-1-3-8-18/h1-5,7-12,16H,6,14-15,17H2,(H,25,27)/b12-11+. The van der Waals surface area contributed by atoms with Gasteiger partial charge in [-0.05, 0) is 17.7 Å². The smallest absolute Gasteiger partial charge is 0.331 e. The van der Waals surface area contributed by atoms with Gasteiger partial charge in [-0.15, -0.1) is 0 Å². The quantitative estimate of drug-likeness (QED) is 0.474. The Hall–Kier alpha value is -3.85. The summed E-state index contributed by atoms with van der Waals surface area (Å²) < 4.78 is 7.00. The number of nitrogens with zero attached hydrogens (tertiary/aromatic N) is 2. The van der Waals surface area contributed by atoms with Crippen LogP contribution in [-0.4, -0.2) is 23.1 Å². The van der Waals surface area contributed by atoms with Gasteiger partial charge in [-0.1, -0.05) is 48.5 Å². The highest BCUT2D eigenvalue weighted by atomic mass is 16.5. The molecule has 0 saturated heterocycles. The van der Waals surface area contributed by atoms with Crippen molar-refractivity contribution in [2.45, 2.75) is 19.5 Å². The fourth-order valence-electron chi connectivity index (χ4n) is 2.95. The van der Waals surface area contributed by atoms with E-state index in [1.165, 1.54) is 6.08 Å². The maximum atomic E-state index is 12.0. The van der Waals surface area contributed by atoms with Crippen LogP contribution in [0.2, 0.25) is 0 Å². The molecule has 0 aliphatic carbocycles. The molecule has 0 radical (unpaired) electrons. The number of rotatable bonds is 8. The number of carbonyl (C=O) groups excluding carboxylic acids is 2. The number of nitriles is 1. The first kappa shape index (κ1) is 19.9. The molecule has 0 unspecified atom stereocenters. The molecule has 3 aromatic rings. The lowest BCUT2D eigenvalue weighted by molar-refractivity contribution is -0.143. The van der Waals surface area contributed by atoms with Crippen molar-refractivity contribution in [3.8, 4) is 6.07 Å².